The third-order valence-corrected chi connectivity index (χ3v) is 1.96. The molecule has 1 rings (SSSR count). The highest BCUT2D eigenvalue weighted by Gasteiger charge is 2.14. The molecule has 0 radical (unpaired) electrons. The van der Waals surface area contributed by atoms with Gasteiger partial charge in [-0.15, -0.1) is 0 Å². The molecule has 0 unspecified atom stereocenters. The quantitative estimate of drug-likeness (QED) is 0.894. The number of nitrogens with zero attached hydrogens (tertiary/aromatic N) is 1. The minimum absolute atomic E-state index is 0.413. The van der Waals surface area contributed by atoms with Crippen molar-refractivity contribution in [2.75, 3.05) is 6.54 Å². The van der Waals surface area contributed by atoms with Crippen LogP contribution in [0.25, 0.3) is 6.08 Å². The maximum absolute atomic E-state index is 11.3. The highest BCUT2D eigenvalue weighted by atomic mass is 16.6. The van der Waals surface area contributed by atoms with Crippen LogP contribution in [0, 0.1) is 6.92 Å². The van der Waals surface area contributed by atoms with Gasteiger partial charge in [-0.1, -0.05) is 12.1 Å². The van der Waals surface area contributed by atoms with E-state index in [2.05, 4.69) is 10.3 Å². The van der Waals surface area contributed by atoms with E-state index in [1.807, 2.05) is 58.0 Å². The molecule has 0 aliphatic heterocycles. The smallest absolute Gasteiger partial charge is 0.407 e. The Labute approximate surface area is 108 Å². The van der Waals surface area contributed by atoms with Crippen LogP contribution in [0.3, 0.4) is 0 Å². The molecule has 4 nitrogen and oxygen atoms in total. The molecule has 0 saturated heterocycles. The Bertz CT molecular complexity index is 434. The molecule has 1 heterocycles. The Hall–Kier alpha value is -1.84. The Morgan fingerprint density at radius 3 is 2.78 bits per heavy atom. The van der Waals surface area contributed by atoms with Gasteiger partial charge in [-0.2, -0.15) is 0 Å². The van der Waals surface area contributed by atoms with Crippen LogP contribution >= 0.6 is 0 Å². The third kappa shape index (κ3) is 6.03. The zero-order chi connectivity index (χ0) is 13.6. The van der Waals surface area contributed by atoms with E-state index in [9.17, 15) is 4.79 Å². The zero-order valence-electron chi connectivity index (χ0n) is 11.4. The number of aromatic nitrogens is 1. The fourth-order valence-corrected chi connectivity index (χ4v) is 1.29. The van der Waals surface area contributed by atoms with Gasteiger partial charge in [0, 0.05) is 12.2 Å². The number of rotatable bonds is 3. The molecule has 1 N–H and O–H groups in total. The number of aryl methyl sites for hydroxylation is 1. The summed E-state index contributed by atoms with van der Waals surface area (Å²) in [5.41, 5.74) is 1.38. The number of nitrogens with one attached hydrogen (secondary N) is 1. The lowest BCUT2D eigenvalue weighted by Gasteiger charge is -2.19. The molecular weight excluding hydrogens is 228 g/mol. The van der Waals surface area contributed by atoms with Gasteiger partial charge in [-0.25, -0.2) is 4.79 Å². The van der Waals surface area contributed by atoms with Crippen molar-refractivity contribution in [2.45, 2.75) is 33.3 Å². The van der Waals surface area contributed by atoms with E-state index in [1.54, 1.807) is 0 Å². The van der Waals surface area contributed by atoms with Gasteiger partial charge < -0.3 is 10.1 Å². The number of ether oxygens (including phenoxy) is 1. The highest BCUT2D eigenvalue weighted by molar-refractivity contribution is 5.68. The molecule has 1 aromatic rings. The monoisotopic (exact) mass is 248 g/mol. The zero-order valence-corrected chi connectivity index (χ0v) is 11.4. The summed E-state index contributed by atoms with van der Waals surface area (Å²) < 4.78 is 5.11. The van der Waals surface area contributed by atoms with Gasteiger partial charge in [-0.3, -0.25) is 4.98 Å². The minimum Gasteiger partial charge on any atom is -0.444 e. The van der Waals surface area contributed by atoms with Crippen molar-refractivity contribution in [3.63, 3.8) is 0 Å². The first kappa shape index (κ1) is 14.2. The van der Waals surface area contributed by atoms with E-state index in [-0.39, 0.29) is 0 Å². The van der Waals surface area contributed by atoms with Gasteiger partial charge in [0.25, 0.3) is 0 Å². The van der Waals surface area contributed by atoms with E-state index in [0.29, 0.717) is 6.54 Å². The Morgan fingerprint density at radius 1 is 1.44 bits per heavy atom. The fourth-order valence-electron chi connectivity index (χ4n) is 1.29. The lowest BCUT2D eigenvalue weighted by molar-refractivity contribution is 0.0534. The molecule has 1 aromatic heterocycles. The standard InChI is InChI=1S/C14H20N2O2/c1-11-7-5-8-12(16-11)9-6-10-15-13(17)18-14(2,3)4/h5-9H,10H2,1-4H3,(H,15,17). The maximum Gasteiger partial charge on any atom is 0.407 e. The van der Waals surface area contributed by atoms with Crippen LogP contribution in [0.15, 0.2) is 24.3 Å². The number of hydrogen-bond acceptors (Lipinski definition) is 3. The molecule has 4 heteroatoms. The van der Waals surface area contributed by atoms with Gasteiger partial charge in [0.2, 0.25) is 0 Å². The van der Waals surface area contributed by atoms with E-state index < -0.39 is 11.7 Å². The van der Waals surface area contributed by atoms with E-state index in [1.165, 1.54) is 0 Å². The SMILES string of the molecule is Cc1cccc(C=CCNC(=O)OC(C)(C)C)n1. The second kappa shape index (κ2) is 6.19. The minimum atomic E-state index is -0.466. The molecule has 0 aliphatic carbocycles. The van der Waals surface area contributed by atoms with Crippen LogP contribution in [0.4, 0.5) is 4.79 Å². The second-order valence-electron chi connectivity index (χ2n) is 4.99. The van der Waals surface area contributed by atoms with Crippen LogP contribution in [-0.4, -0.2) is 23.2 Å². The molecule has 0 atom stereocenters. The van der Waals surface area contributed by atoms with Gasteiger partial charge in [0.1, 0.15) is 5.60 Å². The number of pyridine rings is 1. The van der Waals surface area contributed by atoms with Crippen molar-refractivity contribution < 1.29 is 9.53 Å². The van der Waals surface area contributed by atoms with Gasteiger partial charge in [0.05, 0.1) is 5.69 Å². The van der Waals surface area contributed by atoms with Crippen LogP contribution in [0.5, 0.6) is 0 Å². The predicted octanol–water partition coefficient (Wildman–Crippen LogP) is 2.93. The number of carbonyl (C=O) groups is 1. The van der Waals surface area contributed by atoms with Crippen LogP contribution < -0.4 is 5.32 Å². The molecule has 98 valence electrons. The average Bonchev–Trinajstić information content (AvgIpc) is 2.22. The summed E-state index contributed by atoms with van der Waals surface area (Å²) in [4.78, 5) is 15.7. The molecule has 0 bridgehead atoms. The number of alkyl carbamates (subject to hydrolysis) is 1. The average molecular weight is 248 g/mol. The van der Waals surface area contributed by atoms with E-state index in [0.717, 1.165) is 11.4 Å². The Kier molecular flexibility index (Phi) is 4.89. The van der Waals surface area contributed by atoms with Crippen LogP contribution in [0.1, 0.15) is 32.2 Å². The number of carbonyl (C=O) groups excluding carboxylic acids is 1. The van der Waals surface area contributed by atoms with Gasteiger partial charge in [-0.05, 0) is 45.9 Å². The van der Waals surface area contributed by atoms with Crippen molar-refractivity contribution in [2.24, 2.45) is 0 Å². The molecule has 0 aliphatic rings. The molecule has 0 spiro atoms. The predicted molar refractivity (Wildman–Crippen MR) is 72.2 cm³/mol. The number of hydrogen-bond donors (Lipinski definition) is 1. The molecule has 0 fully saturated rings. The molecule has 18 heavy (non-hydrogen) atoms. The highest BCUT2D eigenvalue weighted by Crippen LogP contribution is 2.06. The van der Waals surface area contributed by atoms with Crippen LogP contribution in [0.2, 0.25) is 0 Å². The third-order valence-electron chi connectivity index (χ3n) is 1.96. The van der Waals surface area contributed by atoms with E-state index in [4.69, 9.17) is 4.74 Å². The molecule has 1 amide bonds. The molecular formula is C14H20N2O2. The summed E-state index contributed by atoms with van der Waals surface area (Å²) in [6, 6.07) is 5.80. The van der Waals surface area contributed by atoms with Crippen molar-refractivity contribution in [3.8, 4) is 0 Å². The summed E-state index contributed by atoms with van der Waals surface area (Å²) in [5.74, 6) is 0. The largest absolute Gasteiger partial charge is 0.444 e. The summed E-state index contributed by atoms with van der Waals surface area (Å²) in [5, 5.41) is 2.65. The summed E-state index contributed by atoms with van der Waals surface area (Å²) >= 11 is 0. The fraction of sp³-hybridized carbons (Fsp3) is 0.429. The topological polar surface area (TPSA) is 51.2 Å². The van der Waals surface area contributed by atoms with Gasteiger partial charge in [0.15, 0.2) is 0 Å². The van der Waals surface area contributed by atoms with Gasteiger partial charge >= 0.3 is 6.09 Å². The normalized spacial score (nSPS) is 11.6. The molecule has 0 saturated carbocycles. The first-order valence-electron chi connectivity index (χ1n) is 5.94. The lowest BCUT2D eigenvalue weighted by atomic mass is 10.2. The summed E-state index contributed by atoms with van der Waals surface area (Å²) in [6.07, 6.45) is 3.29. The van der Waals surface area contributed by atoms with Crippen molar-refractivity contribution in [3.05, 3.63) is 35.7 Å². The van der Waals surface area contributed by atoms with Crippen molar-refractivity contribution >= 4 is 12.2 Å². The first-order chi connectivity index (χ1) is 8.37. The lowest BCUT2D eigenvalue weighted by Crippen LogP contribution is -2.32. The summed E-state index contributed by atoms with van der Waals surface area (Å²) in [6.45, 7) is 7.86. The Morgan fingerprint density at radius 2 is 2.17 bits per heavy atom. The van der Waals surface area contributed by atoms with E-state index >= 15 is 0 Å². The Balaban J connectivity index is 2.36. The summed E-state index contributed by atoms with van der Waals surface area (Å²) in [7, 11) is 0. The first-order valence-corrected chi connectivity index (χ1v) is 5.94. The van der Waals surface area contributed by atoms with Crippen molar-refractivity contribution in [1.82, 2.24) is 10.3 Å². The second-order valence-corrected chi connectivity index (χ2v) is 4.99. The maximum atomic E-state index is 11.3. The van der Waals surface area contributed by atoms with Crippen LogP contribution in [-0.2, 0) is 4.74 Å². The molecule has 0 aromatic carbocycles. The number of amides is 1. The van der Waals surface area contributed by atoms with Crippen molar-refractivity contribution in [1.29, 1.82) is 0 Å².